The molecule has 2 N–H and O–H groups in total. The first kappa shape index (κ1) is 11.8. The van der Waals surface area contributed by atoms with Crippen molar-refractivity contribution in [2.24, 2.45) is 0 Å². The van der Waals surface area contributed by atoms with Gasteiger partial charge >= 0.3 is 0 Å². The molecule has 0 amide bonds. The highest BCUT2D eigenvalue weighted by molar-refractivity contribution is 5.82. The fraction of sp³-hybridized carbons (Fsp3) is 0.467. The summed E-state index contributed by atoms with van der Waals surface area (Å²) in [4.78, 5) is 5.74. The van der Waals surface area contributed by atoms with Crippen molar-refractivity contribution in [2.45, 2.75) is 25.4 Å². The van der Waals surface area contributed by atoms with E-state index in [0.717, 1.165) is 6.54 Å². The second-order valence-corrected chi connectivity index (χ2v) is 5.32. The second-order valence-electron chi connectivity index (χ2n) is 5.32. The van der Waals surface area contributed by atoms with E-state index in [2.05, 4.69) is 52.7 Å². The molecule has 1 fully saturated rings. The smallest absolute Gasteiger partial charge is 0.0457 e. The van der Waals surface area contributed by atoms with Crippen LogP contribution in [0.2, 0.25) is 0 Å². The van der Waals surface area contributed by atoms with E-state index in [0.29, 0.717) is 6.04 Å². The Morgan fingerprint density at radius 1 is 1.28 bits per heavy atom. The van der Waals surface area contributed by atoms with Gasteiger partial charge in [0.1, 0.15) is 0 Å². The molecule has 1 aromatic carbocycles. The third kappa shape index (κ3) is 2.42. The molecular weight excluding hydrogens is 222 g/mol. The van der Waals surface area contributed by atoms with Gasteiger partial charge in [0.25, 0.3) is 0 Å². The molecule has 0 aliphatic carbocycles. The number of rotatable bonds is 3. The van der Waals surface area contributed by atoms with Crippen LogP contribution in [0.3, 0.4) is 0 Å². The van der Waals surface area contributed by atoms with Crippen LogP contribution in [-0.2, 0) is 6.54 Å². The third-order valence-corrected chi connectivity index (χ3v) is 3.97. The van der Waals surface area contributed by atoms with Crippen LogP contribution in [0.1, 0.15) is 18.4 Å². The van der Waals surface area contributed by atoms with Crippen LogP contribution in [0.15, 0.2) is 30.5 Å². The van der Waals surface area contributed by atoms with Crippen molar-refractivity contribution in [3.05, 3.63) is 36.0 Å². The van der Waals surface area contributed by atoms with Gasteiger partial charge in [-0.05, 0) is 44.6 Å². The highest BCUT2D eigenvalue weighted by atomic mass is 15.1. The van der Waals surface area contributed by atoms with Crippen LogP contribution in [0.5, 0.6) is 0 Å². The molecule has 0 unspecified atom stereocenters. The summed E-state index contributed by atoms with van der Waals surface area (Å²) in [5.41, 5.74) is 2.61. The number of para-hydroxylation sites is 1. The van der Waals surface area contributed by atoms with Crippen LogP contribution in [0.25, 0.3) is 10.9 Å². The fourth-order valence-electron chi connectivity index (χ4n) is 2.74. The summed E-state index contributed by atoms with van der Waals surface area (Å²) < 4.78 is 0. The Labute approximate surface area is 108 Å². The van der Waals surface area contributed by atoms with Crippen LogP contribution < -0.4 is 5.32 Å². The van der Waals surface area contributed by atoms with Crippen molar-refractivity contribution in [2.75, 3.05) is 20.1 Å². The Hall–Kier alpha value is -1.32. The topological polar surface area (TPSA) is 31.1 Å². The molecule has 3 nitrogen and oxygen atoms in total. The summed E-state index contributed by atoms with van der Waals surface area (Å²) in [5.74, 6) is 0. The third-order valence-electron chi connectivity index (χ3n) is 3.97. The molecule has 96 valence electrons. The number of H-pyrrole nitrogens is 1. The van der Waals surface area contributed by atoms with Crippen molar-refractivity contribution < 1.29 is 0 Å². The number of aromatic nitrogens is 1. The molecule has 0 bridgehead atoms. The number of nitrogens with one attached hydrogen (secondary N) is 2. The number of piperidine rings is 1. The Balaban J connectivity index is 1.63. The highest BCUT2D eigenvalue weighted by Gasteiger charge is 2.16. The Morgan fingerprint density at radius 2 is 2.06 bits per heavy atom. The predicted octanol–water partition coefficient (Wildman–Crippen LogP) is 2.35. The van der Waals surface area contributed by atoms with Crippen LogP contribution in [-0.4, -0.2) is 36.1 Å². The zero-order valence-corrected chi connectivity index (χ0v) is 10.9. The zero-order chi connectivity index (χ0) is 12.4. The van der Waals surface area contributed by atoms with Crippen molar-refractivity contribution in [3.63, 3.8) is 0 Å². The molecule has 0 saturated carbocycles. The molecule has 0 radical (unpaired) electrons. The van der Waals surface area contributed by atoms with E-state index >= 15 is 0 Å². The molecule has 1 aliphatic heterocycles. The van der Waals surface area contributed by atoms with E-state index in [1.807, 2.05) is 0 Å². The molecule has 0 spiro atoms. The van der Waals surface area contributed by atoms with Gasteiger partial charge in [0.05, 0.1) is 0 Å². The number of fused-ring (bicyclic) bond motifs is 1. The summed E-state index contributed by atoms with van der Waals surface area (Å²) in [6, 6.07) is 9.18. The van der Waals surface area contributed by atoms with Crippen LogP contribution in [0, 0.1) is 0 Å². The Kier molecular flexibility index (Phi) is 3.35. The van der Waals surface area contributed by atoms with E-state index < -0.39 is 0 Å². The van der Waals surface area contributed by atoms with Gasteiger partial charge in [-0.1, -0.05) is 18.2 Å². The van der Waals surface area contributed by atoms with E-state index in [4.69, 9.17) is 0 Å². The SMILES string of the molecule is CN1CCC(NCc2c[nH]c3ccccc23)CC1. The lowest BCUT2D eigenvalue weighted by Gasteiger charge is -2.29. The normalized spacial score (nSPS) is 18.5. The molecule has 18 heavy (non-hydrogen) atoms. The number of aromatic amines is 1. The van der Waals surface area contributed by atoms with Gasteiger partial charge in [-0.3, -0.25) is 0 Å². The first-order valence-electron chi connectivity index (χ1n) is 6.80. The number of nitrogens with zero attached hydrogens (tertiary/aromatic N) is 1. The molecule has 3 heteroatoms. The second kappa shape index (κ2) is 5.12. The standard InChI is InChI=1S/C15H21N3/c1-18-8-6-13(7-9-18)16-10-12-11-17-15-5-3-2-4-14(12)15/h2-5,11,13,16-17H,6-10H2,1H3. The van der Waals surface area contributed by atoms with Gasteiger partial charge in [0.15, 0.2) is 0 Å². The number of benzene rings is 1. The average molecular weight is 243 g/mol. The summed E-state index contributed by atoms with van der Waals surface area (Å²) in [6.07, 6.45) is 4.66. The molecule has 2 heterocycles. The summed E-state index contributed by atoms with van der Waals surface area (Å²) >= 11 is 0. The number of hydrogen-bond donors (Lipinski definition) is 2. The van der Waals surface area contributed by atoms with Crippen LogP contribution in [0.4, 0.5) is 0 Å². The van der Waals surface area contributed by atoms with Crippen molar-refractivity contribution in [3.8, 4) is 0 Å². The maximum Gasteiger partial charge on any atom is 0.0457 e. The first-order chi connectivity index (χ1) is 8.83. The monoisotopic (exact) mass is 243 g/mol. The summed E-state index contributed by atoms with van der Waals surface area (Å²) in [5, 5.41) is 5.04. The minimum atomic E-state index is 0.676. The van der Waals surface area contributed by atoms with Crippen molar-refractivity contribution >= 4 is 10.9 Å². The predicted molar refractivity (Wildman–Crippen MR) is 75.7 cm³/mol. The Bertz CT molecular complexity index is 509. The van der Waals surface area contributed by atoms with E-state index in [9.17, 15) is 0 Å². The number of hydrogen-bond acceptors (Lipinski definition) is 2. The van der Waals surface area contributed by atoms with Crippen LogP contribution >= 0.6 is 0 Å². The van der Waals surface area contributed by atoms with Gasteiger partial charge in [-0.25, -0.2) is 0 Å². The molecular formula is C15H21N3. The highest BCUT2D eigenvalue weighted by Crippen LogP contribution is 2.18. The lowest BCUT2D eigenvalue weighted by molar-refractivity contribution is 0.234. The molecule has 1 aliphatic rings. The average Bonchev–Trinajstić information content (AvgIpc) is 2.82. The quantitative estimate of drug-likeness (QED) is 0.867. The van der Waals surface area contributed by atoms with Gasteiger partial charge in [-0.2, -0.15) is 0 Å². The van der Waals surface area contributed by atoms with E-state index in [1.165, 1.54) is 42.4 Å². The zero-order valence-electron chi connectivity index (χ0n) is 10.9. The van der Waals surface area contributed by atoms with E-state index in [-0.39, 0.29) is 0 Å². The molecule has 3 rings (SSSR count). The van der Waals surface area contributed by atoms with Gasteiger partial charge in [-0.15, -0.1) is 0 Å². The lowest BCUT2D eigenvalue weighted by atomic mass is 10.1. The summed E-state index contributed by atoms with van der Waals surface area (Å²) in [6.45, 7) is 3.40. The molecule has 1 aromatic heterocycles. The van der Waals surface area contributed by atoms with Gasteiger partial charge < -0.3 is 15.2 Å². The number of likely N-dealkylation sites (tertiary alicyclic amines) is 1. The van der Waals surface area contributed by atoms with E-state index in [1.54, 1.807) is 0 Å². The molecule has 0 atom stereocenters. The summed E-state index contributed by atoms with van der Waals surface area (Å²) in [7, 11) is 2.20. The largest absolute Gasteiger partial charge is 0.361 e. The van der Waals surface area contributed by atoms with Crippen molar-refractivity contribution in [1.29, 1.82) is 0 Å². The maximum absolute atomic E-state index is 3.69. The lowest BCUT2D eigenvalue weighted by Crippen LogP contribution is -2.40. The van der Waals surface area contributed by atoms with Crippen molar-refractivity contribution in [1.82, 2.24) is 15.2 Å². The fourth-order valence-corrected chi connectivity index (χ4v) is 2.74. The molecule has 1 saturated heterocycles. The minimum absolute atomic E-state index is 0.676. The van der Waals surface area contributed by atoms with Gasteiger partial charge in [0, 0.05) is 29.7 Å². The maximum atomic E-state index is 3.69. The molecule has 2 aromatic rings. The van der Waals surface area contributed by atoms with Gasteiger partial charge in [0.2, 0.25) is 0 Å². The Morgan fingerprint density at radius 3 is 2.89 bits per heavy atom. The first-order valence-corrected chi connectivity index (χ1v) is 6.80. The minimum Gasteiger partial charge on any atom is -0.361 e.